The Bertz CT molecular complexity index is 680. The number of hydrogen-bond donors (Lipinski definition) is 1. The van der Waals surface area contributed by atoms with Gasteiger partial charge in [0.25, 0.3) is 0 Å². The Morgan fingerprint density at radius 3 is 2.47 bits per heavy atom. The molecule has 0 amide bonds. The molecule has 1 nitrogen and oxygen atoms in total. The number of fused-ring (bicyclic) bond motifs is 5. The number of aliphatic hydroxyl groups is 1. The fraction of sp³-hybridized carbons (Fsp3) is 0.893. The summed E-state index contributed by atoms with van der Waals surface area (Å²) in [6, 6.07) is 0. The Labute approximate surface area is 194 Å². The topological polar surface area (TPSA) is 20.2 Å². The van der Waals surface area contributed by atoms with Crippen molar-refractivity contribution in [3.8, 4) is 0 Å². The Hall–Kier alpha value is 0.0895. The van der Waals surface area contributed by atoms with Crippen LogP contribution in [0.5, 0.6) is 0 Å². The summed E-state index contributed by atoms with van der Waals surface area (Å²) in [5.41, 5.74) is 4.07. The first kappa shape index (κ1) is 23.3. The number of rotatable bonds is 6. The van der Waals surface area contributed by atoms with Gasteiger partial charge in [0.1, 0.15) is 0 Å². The van der Waals surface area contributed by atoms with Crippen LogP contribution < -0.4 is 0 Å². The van der Waals surface area contributed by atoms with Crippen molar-refractivity contribution < 1.29 is 5.11 Å². The molecule has 0 aliphatic heterocycles. The van der Waals surface area contributed by atoms with Crippen LogP contribution in [0.15, 0.2) is 11.1 Å². The Morgan fingerprint density at radius 2 is 1.77 bits per heavy atom. The predicted octanol–water partition coefficient (Wildman–Crippen LogP) is 6.73. The van der Waals surface area contributed by atoms with E-state index in [9.17, 15) is 5.11 Å². The molecule has 4 aliphatic rings. The van der Waals surface area contributed by atoms with Crippen molar-refractivity contribution in [3.05, 3.63) is 11.1 Å². The van der Waals surface area contributed by atoms with E-state index in [0.29, 0.717) is 10.8 Å². The first-order valence-corrected chi connectivity index (χ1v) is 14.0. The van der Waals surface area contributed by atoms with Gasteiger partial charge < -0.3 is 0 Å². The van der Waals surface area contributed by atoms with E-state index in [4.69, 9.17) is 0 Å². The summed E-state index contributed by atoms with van der Waals surface area (Å²) in [7, 11) is 0. The van der Waals surface area contributed by atoms with Gasteiger partial charge in [0, 0.05) is 0 Å². The zero-order chi connectivity index (χ0) is 21.7. The maximum absolute atomic E-state index is 10.4. The third-order valence-electron chi connectivity index (χ3n) is 10.6. The van der Waals surface area contributed by atoms with Gasteiger partial charge in [-0.1, -0.05) is 13.8 Å². The van der Waals surface area contributed by atoms with Crippen molar-refractivity contribution >= 4 is 20.5 Å². The van der Waals surface area contributed by atoms with Gasteiger partial charge in [0.05, 0.1) is 0 Å². The molecule has 0 aromatic carbocycles. The van der Waals surface area contributed by atoms with Crippen molar-refractivity contribution in [3.63, 3.8) is 0 Å². The zero-order valence-corrected chi connectivity index (χ0v) is 22.0. The van der Waals surface area contributed by atoms with E-state index in [-0.39, 0.29) is 6.10 Å². The molecule has 2 heteroatoms. The van der Waals surface area contributed by atoms with Crippen molar-refractivity contribution in [2.45, 2.75) is 111 Å². The average Bonchev–Trinajstić information content (AvgIpc) is 3.05. The summed E-state index contributed by atoms with van der Waals surface area (Å²) in [4.78, 5) is 2.29. The molecule has 4 rings (SSSR count). The molecule has 0 heterocycles. The second-order valence-electron chi connectivity index (χ2n) is 12.5. The zero-order valence-electron chi connectivity index (χ0n) is 20.3. The SMILES string of the molecule is CC(C)CCC[C@@H](C)[C@H]1CC[C@H]2[C@@H]3CC(C=[Se])=C4C[C@@H](O)CC[C@]4(C)[C@H]3CC[C@]12C. The second-order valence-corrected chi connectivity index (χ2v) is 13.0. The van der Waals surface area contributed by atoms with Gasteiger partial charge in [0.2, 0.25) is 0 Å². The summed E-state index contributed by atoms with van der Waals surface area (Å²) in [6.07, 6.45) is 14.3. The van der Waals surface area contributed by atoms with Crippen LogP contribution in [-0.4, -0.2) is 31.7 Å². The van der Waals surface area contributed by atoms with Crippen LogP contribution in [0.4, 0.5) is 0 Å². The third kappa shape index (κ3) is 3.86. The second kappa shape index (κ2) is 8.79. The molecule has 3 saturated carbocycles. The molecule has 0 spiro atoms. The van der Waals surface area contributed by atoms with Crippen LogP contribution in [0.25, 0.3) is 0 Å². The molecule has 3 fully saturated rings. The van der Waals surface area contributed by atoms with Crippen LogP contribution in [0.2, 0.25) is 0 Å². The summed E-state index contributed by atoms with van der Waals surface area (Å²) >= 11 is 3.24. The molecule has 0 unspecified atom stereocenters. The minimum atomic E-state index is -0.115. The number of allylic oxidation sites excluding steroid dienone is 1. The molecule has 1 N–H and O–H groups in total. The van der Waals surface area contributed by atoms with Crippen molar-refractivity contribution in [2.75, 3.05) is 0 Å². The Kier molecular flexibility index (Phi) is 6.82. The van der Waals surface area contributed by atoms with Gasteiger partial charge in [-0.25, -0.2) is 0 Å². The van der Waals surface area contributed by atoms with Crippen LogP contribution in [0.3, 0.4) is 0 Å². The van der Waals surface area contributed by atoms with E-state index in [1.54, 1.807) is 11.1 Å². The van der Waals surface area contributed by atoms with E-state index in [0.717, 1.165) is 48.3 Å². The first-order valence-electron chi connectivity index (χ1n) is 13.1. The quantitative estimate of drug-likeness (QED) is 0.421. The molecule has 0 radical (unpaired) electrons. The molecule has 4 aliphatic carbocycles. The molecule has 8 atom stereocenters. The van der Waals surface area contributed by atoms with Gasteiger partial charge >= 0.3 is 181 Å². The molecule has 30 heavy (non-hydrogen) atoms. The van der Waals surface area contributed by atoms with Crippen LogP contribution in [-0.2, 0) is 0 Å². The van der Waals surface area contributed by atoms with Crippen molar-refractivity contribution in [2.24, 2.45) is 46.3 Å². The van der Waals surface area contributed by atoms with Gasteiger partial charge in [-0.2, -0.15) is 0 Å². The molecule has 0 aromatic heterocycles. The Morgan fingerprint density at radius 1 is 1.00 bits per heavy atom. The summed E-state index contributed by atoms with van der Waals surface area (Å²) in [6.45, 7) is 12.6. The van der Waals surface area contributed by atoms with E-state index < -0.39 is 0 Å². The fourth-order valence-corrected chi connectivity index (χ4v) is 9.48. The fourth-order valence-electron chi connectivity index (χ4n) is 8.98. The maximum atomic E-state index is 10.4. The van der Waals surface area contributed by atoms with E-state index in [1.165, 1.54) is 57.8 Å². The van der Waals surface area contributed by atoms with Crippen LogP contribution in [0.1, 0.15) is 105 Å². The Balaban J connectivity index is 1.56. The predicted molar refractivity (Wildman–Crippen MR) is 130 cm³/mol. The van der Waals surface area contributed by atoms with Crippen LogP contribution in [0, 0.1) is 46.3 Å². The molecular weight excluding hydrogens is 431 g/mol. The average molecular weight is 478 g/mol. The van der Waals surface area contributed by atoms with Gasteiger partial charge in [-0.3, -0.25) is 0 Å². The molecule has 0 bridgehead atoms. The molecule has 170 valence electrons. The minimum absolute atomic E-state index is 0.115. The van der Waals surface area contributed by atoms with E-state index in [1.807, 2.05) is 0 Å². The summed E-state index contributed by atoms with van der Waals surface area (Å²) < 4.78 is 0. The molecular formula is C28H46OSe. The normalized spacial score (nSPS) is 44.4. The number of hydrogen-bond acceptors (Lipinski definition) is 1. The van der Waals surface area contributed by atoms with E-state index >= 15 is 0 Å². The van der Waals surface area contributed by atoms with Crippen molar-refractivity contribution in [1.29, 1.82) is 0 Å². The summed E-state index contributed by atoms with van der Waals surface area (Å²) in [5.74, 6) is 5.28. The standard InChI is InChI=1S/C28H46OSe/c1-18(2)7-6-8-19(3)23-9-10-24-22-15-20(17-30)26-16-21(29)11-13-28(26,5)25(22)12-14-27(23,24)4/h17-19,21-25,29H,6-16H2,1-5H3/t19-,21+,22+,23-,24+,25+,27-,28-/m1/s1. The van der Waals surface area contributed by atoms with Gasteiger partial charge in [-0.15, -0.1) is 0 Å². The molecule has 0 saturated heterocycles. The van der Waals surface area contributed by atoms with Crippen LogP contribution >= 0.6 is 0 Å². The van der Waals surface area contributed by atoms with Gasteiger partial charge in [0.15, 0.2) is 0 Å². The summed E-state index contributed by atoms with van der Waals surface area (Å²) in [5, 5.41) is 10.4. The monoisotopic (exact) mass is 478 g/mol. The van der Waals surface area contributed by atoms with Gasteiger partial charge in [-0.05, 0) is 0 Å². The third-order valence-corrected chi connectivity index (χ3v) is 11.2. The molecule has 0 aromatic rings. The van der Waals surface area contributed by atoms with E-state index in [2.05, 4.69) is 55.1 Å². The first-order chi connectivity index (χ1) is 14.2. The number of aliphatic hydroxyl groups excluding tert-OH is 1. The van der Waals surface area contributed by atoms with Crippen molar-refractivity contribution in [1.82, 2.24) is 0 Å².